The van der Waals surface area contributed by atoms with E-state index in [0.29, 0.717) is 5.92 Å². The summed E-state index contributed by atoms with van der Waals surface area (Å²) in [5.74, 6) is 0.715. The van der Waals surface area contributed by atoms with E-state index in [2.05, 4.69) is 6.42 Å². The van der Waals surface area contributed by atoms with Gasteiger partial charge >= 0.3 is 17.1 Å². The summed E-state index contributed by atoms with van der Waals surface area (Å²) >= 11 is 0. The Kier molecular flexibility index (Phi) is 27.1. The summed E-state index contributed by atoms with van der Waals surface area (Å²) in [7, 11) is -5.69. The van der Waals surface area contributed by atoms with Crippen LogP contribution in [0.4, 0.5) is 0 Å². The zero-order valence-corrected chi connectivity index (χ0v) is 25.1. The van der Waals surface area contributed by atoms with Crippen LogP contribution in [-0.4, -0.2) is 42.4 Å². The van der Waals surface area contributed by atoms with Crippen LogP contribution in [0.2, 0.25) is 39.3 Å². The molecule has 2 saturated carbocycles. The minimum atomic E-state index is -2.44. The minimum Gasteiger partial charge on any atom is -0.435 e. The van der Waals surface area contributed by atoms with Crippen molar-refractivity contribution >= 4 is 26.2 Å². The molecule has 0 heterocycles. The summed E-state index contributed by atoms with van der Waals surface area (Å²) < 4.78 is 11.7. The standard InChI is InChI=1S/C11H26O3Si2.C6H11.C2H8OSi.2CH4.Zn/c1-15(2,12)14-16(3,4)13-10-11-8-6-5-7-9-11;1-2-4-6-5-3-1;1-4(2)3;;;/h11-12H,5-10H2,1-4H3;1H,2-6H2;3-4H,1-2H3;2*1H4;/q;-1;;;;. The van der Waals surface area contributed by atoms with Crippen LogP contribution in [0.1, 0.15) is 79.1 Å². The second kappa shape index (κ2) is 21.0. The molecule has 29 heavy (non-hydrogen) atoms. The Labute approximate surface area is 200 Å². The molecule has 0 amide bonds. The van der Waals surface area contributed by atoms with Crippen LogP contribution in [0.5, 0.6) is 0 Å². The second-order valence-electron chi connectivity index (χ2n) is 8.78. The van der Waals surface area contributed by atoms with Crippen molar-refractivity contribution in [3.8, 4) is 0 Å². The van der Waals surface area contributed by atoms with Crippen LogP contribution in [0.15, 0.2) is 0 Å². The Hall–Kier alpha value is 1.11. The van der Waals surface area contributed by atoms with E-state index in [4.69, 9.17) is 13.3 Å². The maximum absolute atomic E-state index is 9.76. The molecule has 8 heteroatoms. The first-order valence-electron chi connectivity index (χ1n) is 10.6. The molecule has 0 radical (unpaired) electrons. The third-order valence-corrected chi connectivity index (χ3v) is 9.03. The zero-order valence-electron chi connectivity index (χ0n) is 18.9. The molecule has 0 atom stereocenters. The molecule has 2 fully saturated rings. The fraction of sp³-hybridized carbons (Fsp3) is 0.952. The Morgan fingerprint density at radius 3 is 1.62 bits per heavy atom. The van der Waals surface area contributed by atoms with E-state index in [0.717, 1.165) is 6.61 Å². The number of hydrogen-bond acceptors (Lipinski definition) is 4. The van der Waals surface area contributed by atoms with Gasteiger partial charge in [0.1, 0.15) is 0 Å². The Morgan fingerprint density at radius 2 is 1.31 bits per heavy atom. The first-order valence-corrected chi connectivity index (χ1v) is 19.1. The van der Waals surface area contributed by atoms with Gasteiger partial charge in [0.05, 0.1) is 0 Å². The van der Waals surface area contributed by atoms with Gasteiger partial charge in [-0.3, -0.25) is 0 Å². The van der Waals surface area contributed by atoms with E-state index in [1.54, 1.807) is 13.1 Å². The molecule has 2 N–H and O–H groups in total. The van der Waals surface area contributed by atoms with Gasteiger partial charge in [0.2, 0.25) is 0 Å². The van der Waals surface area contributed by atoms with Crippen molar-refractivity contribution in [1.82, 2.24) is 0 Å². The van der Waals surface area contributed by atoms with Gasteiger partial charge < -0.3 is 24.6 Å². The van der Waals surface area contributed by atoms with Crippen molar-refractivity contribution < 1.29 is 37.6 Å². The molecule has 2 rings (SSSR count). The molecule has 0 aromatic heterocycles. The maximum Gasteiger partial charge on any atom is 0.322 e. The van der Waals surface area contributed by atoms with E-state index in [-0.39, 0.29) is 34.3 Å². The molecule has 176 valence electrons. The van der Waals surface area contributed by atoms with Crippen molar-refractivity contribution in [3.63, 3.8) is 0 Å². The van der Waals surface area contributed by atoms with Crippen molar-refractivity contribution in [2.24, 2.45) is 5.92 Å². The molecule has 2 aliphatic carbocycles. The van der Waals surface area contributed by atoms with E-state index < -0.39 is 26.2 Å². The molecule has 0 spiro atoms. The molecular formula is C21H53O4Si3Zn-. The van der Waals surface area contributed by atoms with Crippen LogP contribution in [0.25, 0.3) is 0 Å². The Bertz CT molecular complexity index is 316. The van der Waals surface area contributed by atoms with Crippen molar-refractivity contribution in [2.75, 3.05) is 6.61 Å². The van der Waals surface area contributed by atoms with Gasteiger partial charge in [-0.25, -0.2) is 0 Å². The molecule has 4 nitrogen and oxygen atoms in total. The Balaban J connectivity index is -0.000000201. The van der Waals surface area contributed by atoms with Gasteiger partial charge in [-0.05, 0) is 58.0 Å². The first-order chi connectivity index (χ1) is 12.0. The van der Waals surface area contributed by atoms with Gasteiger partial charge in [-0.15, -0.1) is 0 Å². The van der Waals surface area contributed by atoms with E-state index in [9.17, 15) is 4.80 Å². The number of rotatable bonds is 5. The first kappa shape index (κ1) is 37.4. The van der Waals surface area contributed by atoms with E-state index in [1.807, 2.05) is 26.2 Å². The number of hydrogen-bond donors (Lipinski definition) is 2. The topological polar surface area (TPSA) is 58.9 Å². The summed E-state index contributed by atoms with van der Waals surface area (Å²) in [5.41, 5.74) is 0. The molecule has 0 saturated heterocycles. The van der Waals surface area contributed by atoms with E-state index >= 15 is 0 Å². The summed E-state index contributed by atoms with van der Waals surface area (Å²) in [6.45, 7) is 12.2. The van der Waals surface area contributed by atoms with Crippen LogP contribution < -0.4 is 0 Å². The average Bonchev–Trinajstić information content (AvgIpc) is 2.54. The maximum atomic E-state index is 9.76. The Morgan fingerprint density at radius 1 is 0.897 bits per heavy atom. The average molecular weight is 519 g/mol. The summed E-state index contributed by atoms with van der Waals surface area (Å²) in [6, 6.07) is 0. The van der Waals surface area contributed by atoms with Crippen molar-refractivity contribution in [1.29, 1.82) is 0 Å². The summed E-state index contributed by atoms with van der Waals surface area (Å²) in [5, 5.41) is 0. The van der Waals surface area contributed by atoms with E-state index in [1.165, 1.54) is 64.2 Å². The largest absolute Gasteiger partial charge is 0.435 e. The zero-order chi connectivity index (χ0) is 20.1. The molecule has 0 unspecified atom stereocenters. The fourth-order valence-electron chi connectivity index (χ4n) is 3.20. The molecule has 0 aromatic rings. The molecule has 0 aromatic carbocycles. The van der Waals surface area contributed by atoms with Gasteiger partial charge in [0.15, 0.2) is 9.04 Å². The molecule has 0 bridgehead atoms. The summed E-state index contributed by atoms with van der Waals surface area (Å²) in [6.07, 6.45) is 16.2. The van der Waals surface area contributed by atoms with Crippen molar-refractivity contribution in [2.45, 2.75) is 118 Å². The predicted molar refractivity (Wildman–Crippen MR) is 133 cm³/mol. The molecule has 2 aliphatic rings. The van der Waals surface area contributed by atoms with Gasteiger partial charge in [-0.2, -0.15) is 12.8 Å². The molecule has 0 aliphatic heterocycles. The monoisotopic (exact) mass is 517 g/mol. The predicted octanol–water partition coefficient (Wildman–Crippen LogP) is 6.38. The van der Waals surface area contributed by atoms with Gasteiger partial charge in [-0.1, -0.05) is 53.4 Å². The minimum absolute atomic E-state index is 0. The van der Waals surface area contributed by atoms with Crippen LogP contribution in [0, 0.1) is 12.3 Å². The fourth-order valence-corrected chi connectivity index (χ4v) is 8.89. The van der Waals surface area contributed by atoms with Crippen LogP contribution in [-0.2, 0) is 28.0 Å². The smallest absolute Gasteiger partial charge is 0.322 e. The quantitative estimate of drug-likeness (QED) is 0.327. The SMILES string of the molecule is C.C.C[SiH](C)O.C[Si](C)(O)O[Si](C)(C)OCC1CCCCC1.[CH-]1CCCCC1.[Zn]. The van der Waals surface area contributed by atoms with Crippen molar-refractivity contribution in [3.05, 3.63) is 6.42 Å². The molecular weight excluding hydrogens is 466 g/mol. The third kappa shape index (κ3) is 29.1. The summed E-state index contributed by atoms with van der Waals surface area (Å²) in [4.78, 5) is 18.0. The van der Waals surface area contributed by atoms with Crippen LogP contribution in [0.3, 0.4) is 0 Å². The normalized spacial score (nSPS) is 17.3. The third-order valence-electron chi connectivity index (χ3n) is 4.20. The van der Waals surface area contributed by atoms with Gasteiger partial charge in [0.25, 0.3) is 0 Å². The second-order valence-corrected chi connectivity index (χ2v) is 17.8. The van der Waals surface area contributed by atoms with Crippen LogP contribution >= 0.6 is 0 Å². The van der Waals surface area contributed by atoms with Gasteiger partial charge in [0, 0.05) is 26.1 Å².